The van der Waals surface area contributed by atoms with E-state index in [9.17, 15) is 9.59 Å². The third kappa shape index (κ3) is 3.74. The summed E-state index contributed by atoms with van der Waals surface area (Å²) in [6.45, 7) is 3.41. The summed E-state index contributed by atoms with van der Waals surface area (Å²) < 4.78 is 5.53. The predicted molar refractivity (Wildman–Crippen MR) is 94.4 cm³/mol. The maximum absolute atomic E-state index is 12.9. The number of carbonyl (C=O) groups excluding carboxylic acids is 2. The Morgan fingerprint density at radius 3 is 2.79 bits per heavy atom. The fourth-order valence-corrected chi connectivity index (χ4v) is 3.74. The predicted octanol–water partition coefficient (Wildman–Crippen LogP) is 3.35. The molecule has 1 aromatic carbocycles. The van der Waals surface area contributed by atoms with Crippen LogP contribution in [-0.2, 0) is 9.53 Å². The summed E-state index contributed by atoms with van der Waals surface area (Å²) in [6.07, 6.45) is 0.298. The number of carbonyl (C=O) groups is 2. The van der Waals surface area contributed by atoms with Crippen molar-refractivity contribution in [2.45, 2.75) is 25.3 Å². The number of hydrogen-bond acceptors (Lipinski definition) is 4. The molecule has 1 saturated heterocycles. The average molecular weight is 343 g/mol. The van der Waals surface area contributed by atoms with Crippen molar-refractivity contribution in [3.8, 4) is 0 Å². The van der Waals surface area contributed by atoms with Crippen LogP contribution in [0.15, 0.2) is 47.2 Å². The van der Waals surface area contributed by atoms with Gasteiger partial charge in [0.05, 0.1) is 25.2 Å². The number of ketones is 1. The lowest BCUT2D eigenvalue weighted by molar-refractivity contribution is -0.140. The minimum Gasteiger partial charge on any atom is -0.377 e. The Bertz CT molecular complexity index is 684. The van der Waals surface area contributed by atoms with Crippen LogP contribution in [0.2, 0.25) is 0 Å². The highest BCUT2D eigenvalue weighted by Gasteiger charge is 2.32. The number of hydrogen-bond donors (Lipinski definition) is 0. The molecule has 2 atom stereocenters. The van der Waals surface area contributed by atoms with Crippen molar-refractivity contribution in [2.24, 2.45) is 0 Å². The van der Waals surface area contributed by atoms with E-state index in [-0.39, 0.29) is 23.7 Å². The zero-order chi connectivity index (χ0) is 16.9. The van der Waals surface area contributed by atoms with Crippen LogP contribution >= 0.6 is 11.3 Å². The molecule has 1 amide bonds. The van der Waals surface area contributed by atoms with Crippen molar-refractivity contribution in [1.29, 1.82) is 0 Å². The standard InChI is InChI=1S/C19H21NO3S/c1-14(16-7-10-24-13-16)19(22)20-8-9-23-12-17(20)11-18(21)15-5-3-2-4-6-15/h2-7,10,13-14,17H,8-9,11-12H2,1H3. The molecule has 5 heteroatoms. The minimum absolute atomic E-state index is 0.0482. The van der Waals surface area contributed by atoms with E-state index in [1.165, 1.54) is 0 Å². The van der Waals surface area contributed by atoms with E-state index in [1.54, 1.807) is 11.3 Å². The highest BCUT2D eigenvalue weighted by molar-refractivity contribution is 7.08. The van der Waals surface area contributed by atoms with E-state index in [1.807, 2.05) is 59.0 Å². The molecular formula is C19H21NO3S. The molecule has 0 N–H and O–H groups in total. The van der Waals surface area contributed by atoms with E-state index in [0.717, 1.165) is 5.56 Å². The molecule has 0 bridgehead atoms. The highest BCUT2D eigenvalue weighted by atomic mass is 32.1. The zero-order valence-corrected chi connectivity index (χ0v) is 14.5. The number of morpholine rings is 1. The fourth-order valence-electron chi connectivity index (χ4n) is 2.98. The van der Waals surface area contributed by atoms with Crippen LogP contribution in [0.1, 0.15) is 35.2 Å². The molecule has 2 aromatic rings. The number of benzene rings is 1. The van der Waals surface area contributed by atoms with Crippen molar-refractivity contribution >= 4 is 23.0 Å². The fraction of sp³-hybridized carbons (Fsp3) is 0.368. The van der Waals surface area contributed by atoms with E-state index in [2.05, 4.69) is 0 Å². The molecule has 2 heterocycles. The van der Waals surface area contributed by atoms with Crippen LogP contribution in [0.4, 0.5) is 0 Å². The normalized spacial score (nSPS) is 19.0. The topological polar surface area (TPSA) is 46.6 Å². The van der Waals surface area contributed by atoms with Crippen molar-refractivity contribution in [3.05, 3.63) is 58.3 Å². The number of ether oxygens (including phenoxy) is 1. The van der Waals surface area contributed by atoms with Crippen LogP contribution in [0, 0.1) is 0 Å². The Morgan fingerprint density at radius 2 is 2.08 bits per heavy atom. The summed E-state index contributed by atoms with van der Waals surface area (Å²) in [6, 6.07) is 11.0. The van der Waals surface area contributed by atoms with Crippen LogP contribution < -0.4 is 0 Å². The summed E-state index contributed by atoms with van der Waals surface area (Å²) in [5.41, 5.74) is 1.71. The zero-order valence-electron chi connectivity index (χ0n) is 13.7. The maximum atomic E-state index is 12.9. The van der Waals surface area contributed by atoms with Crippen LogP contribution in [0.3, 0.4) is 0 Å². The first-order chi connectivity index (χ1) is 11.7. The lowest BCUT2D eigenvalue weighted by Gasteiger charge is -2.37. The molecule has 4 nitrogen and oxygen atoms in total. The molecule has 3 rings (SSSR count). The lowest BCUT2D eigenvalue weighted by Crippen LogP contribution is -2.50. The summed E-state index contributed by atoms with van der Waals surface area (Å²) >= 11 is 1.59. The monoisotopic (exact) mass is 343 g/mol. The van der Waals surface area contributed by atoms with E-state index in [0.29, 0.717) is 31.7 Å². The molecule has 1 aromatic heterocycles. The number of amides is 1. The quantitative estimate of drug-likeness (QED) is 0.782. The summed E-state index contributed by atoms with van der Waals surface area (Å²) in [5.74, 6) is -0.0710. The molecular weight excluding hydrogens is 322 g/mol. The van der Waals surface area contributed by atoms with Gasteiger partial charge in [0.2, 0.25) is 5.91 Å². The number of Topliss-reactive ketones (excluding diaryl/α,β-unsaturated/α-hetero) is 1. The SMILES string of the molecule is CC(C(=O)N1CCOCC1CC(=O)c1ccccc1)c1ccsc1. The minimum atomic E-state index is -0.194. The van der Waals surface area contributed by atoms with Gasteiger partial charge in [-0.2, -0.15) is 11.3 Å². The number of thiophene rings is 1. The van der Waals surface area contributed by atoms with Crippen LogP contribution in [-0.4, -0.2) is 42.4 Å². The molecule has 126 valence electrons. The molecule has 1 aliphatic rings. The van der Waals surface area contributed by atoms with Crippen LogP contribution in [0.5, 0.6) is 0 Å². The first-order valence-electron chi connectivity index (χ1n) is 8.15. The van der Waals surface area contributed by atoms with Gasteiger partial charge in [-0.3, -0.25) is 9.59 Å². The second-order valence-electron chi connectivity index (χ2n) is 6.03. The van der Waals surface area contributed by atoms with Crippen molar-refractivity contribution in [2.75, 3.05) is 19.8 Å². The number of rotatable bonds is 5. The first-order valence-corrected chi connectivity index (χ1v) is 9.09. The van der Waals surface area contributed by atoms with Gasteiger partial charge in [0.15, 0.2) is 5.78 Å². The van der Waals surface area contributed by atoms with E-state index in [4.69, 9.17) is 4.74 Å². The van der Waals surface area contributed by atoms with Crippen molar-refractivity contribution in [3.63, 3.8) is 0 Å². The summed E-state index contributed by atoms with van der Waals surface area (Å²) in [7, 11) is 0. The van der Waals surface area contributed by atoms with Gasteiger partial charge in [-0.1, -0.05) is 30.3 Å². The van der Waals surface area contributed by atoms with Gasteiger partial charge in [0.25, 0.3) is 0 Å². The smallest absolute Gasteiger partial charge is 0.230 e. The Morgan fingerprint density at radius 1 is 1.29 bits per heavy atom. The molecule has 0 spiro atoms. The molecule has 0 radical (unpaired) electrons. The van der Waals surface area contributed by atoms with Gasteiger partial charge in [0.1, 0.15) is 0 Å². The number of nitrogens with zero attached hydrogens (tertiary/aromatic N) is 1. The third-order valence-electron chi connectivity index (χ3n) is 4.44. The molecule has 0 aliphatic carbocycles. The Balaban J connectivity index is 1.71. The third-order valence-corrected chi connectivity index (χ3v) is 5.14. The average Bonchev–Trinajstić information content (AvgIpc) is 3.16. The van der Waals surface area contributed by atoms with E-state index < -0.39 is 0 Å². The lowest BCUT2D eigenvalue weighted by atomic mass is 9.98. The summed E-state index contributed by atoms with van der Waals surface area (Å²) in [4.78, 5) is 27.2. The second-order valence-corrected chi connectivity index (χ2v) is 6.81. The van der Waals surface area contributed by atoms with Gasteiger partial charge >= 0.3 is 0 Å². The van der Waals surface area contributed by atoms with Crippen molar-refractivity contribution in [1.82, 2.24) is 4.90 Å². The molecule has 2 unspecified atom stereocenters. The van der Waals surface area contributed by atoms with Crippen molar-refractivity contribution < 1.29 is 14.3 Å². The summed E-state index contributed by atoms with van der Waals surface area (Å²) in [5, 5.41) is 3.99. The van der Waals surface area contributed by atoms with Crippen LogP contribution in [0.25, 0.3) is 0 Å². The molecule has 0 saturated carbocycles. The van der Waals surface area contributed by atoms with Gasteiger partial charge in [-0.15, -0.1) is 0 Å². The largest absolute Gasteiger partial charge is 0.377 e. The van der Waals surface area contributed by atoms with Gasteiger partial charge in [-0.25, -0.2) is 0 Å². The van der Waals surface area contributed by atoms with E-state index >= 15 is 0 Å². The molecule has 1 aliphatic heterocycles. The second kappa shape index (κ2) is 7.73. The highest BCUT2D eigenvalue weighted by Crippen LogP contribution is 2.24. The maximum Gasteiger partial charge on any atom is 0.230 e. The Kier molecular flexibility index (Phi) is 5.43. The Labute approximate surface area is 146 Å². The van der Waals surface area contributed by atoms with Gasteiger partial charge < -0.3 is 9.64 Å². The first kappa shape index (κ1) is 16.9. The molecule has 1 fully saturated rings. The van der Waals surface area contributed by atoms with Gasteiger partial charge in [0, 0.05) is 18.5 Å². The van der Waals surface area contributed by atoms with Gasteiger partial charge in [-0.05, 0) is 29.3 Å². The Hall–Kier alpha value is -1.98. The molecule has 24 heavy (non-hydrogen) atoms.